The molecule has 0 bridgehead atoms. The molecule has 27 heavy (non-hydrogen) atoms. The van der Waals surface area contributed by atoms with Gasteiger partial charge in [-0.25, -0.2) is 0 Å². The summed E-state index contributed by atoms with van der Waals surface area (Å²) in [7, 11) is 0. The van der Waals surface area contributed by atoms with Crippen molar-refractivity contribution in [2.45, 2.75) is 117 Å². The predicted molar refractivity (Wildman–Crippen MR) is 124 cm³/mol. The third-order valence-corrected chi connectivity index (χ3v) is 5.60. The highest BCUT2D eigenvalue weighted by Crippen LogP contribution is 2.18. The highest BCUT2D eigenvalue weighted by molar-refractivity contribution is 5.57. The van der Waals surface area contributed by atoms with Gasteiger partial charge in [-0.3, -0.25) is 0 Å². The van der Waals surface area contributed by atoms with Crippen LogP contribution in [0.1, 0.15) is 115 Å². The zero-order chi connectivity index (χ0) is 19.6. The predicted octanol–water partition coefficient (Wildman–Crippen LogP) is 8.25. The molecule has 0 atom stereocenters. The van der Waals surface area contributed by atoms with Gasteiger partial charge >= 0.3 is 0 Å². The molecule has 1 rings (SSSR count). The monoisotopic (exact) mass is 374 g/mol. The molecule has 0 amide bonds. The number of benzene rings is 1. The summed E-state index contributed by atoms with van der Waals surface area (Å²) in [5.74, 6) is 0. The Morgan fingerprint density at radius 2 is 1.11 bits per heavy atom. The van der Waals surface area contributed by atoms with Crippen LogP contribution in [0.25, 0.3) is 0 Å². The van der Waals surface area contributed by atoms with Gasteiger partial charge in [-0.05, 0) is 37.1 Å². The molecule has 0 aliphatic carbocycles. The van der Waals surface area contributed by atoms with Crippen LogP contribution in [0.3, 0.4) is 0 Å². The third-order valence-electron chi connectivity index (χ3n) is 5.60. The zero-order valence-corrected chi connectivity index (χ0v) is 18.3. The number of nitrogens with two attached hydrogens (primary N) is 1. The van der Waals surface area contributed by atoms with Gasteiger partial charge in [-0.2, -0.15) is 0 Å². The molecule has 156 valence electrons. The molecule has 1 aromatic carbocycles. The first-order valence-corrected chi connectivity index (χ1v) is 11.8. The van der Waals surface area contributed by atoms with Crippen molar-refractivity contribution in [3.8, 4) is 0 Å². The van der Waals surface area contributed by atoms with Crippen LogP contribution >= 0.6 is 0 Å². The molecule has 0 radical (unpaired) electrons. The molecule has 0 aliphatic heterocycles. The summed E-state index contributed by atoms with van der Waals surface area (Å²) >= 11 is 0. The van der Waals surface area contributed by atoms with Crippen molar-refractivity contribution in [2.24, 2.45) is 0 Å². The quantitative estimate of drug-likeness (QED) is 0.200. The van der Waals surface area contributed by atoms with E-state index in [-0.39, 0.29) is 0 Å². The number of nitrogens with one attached hydrogen (secondary N) is 1. The molecule has 0 aliphatic rings. The Balaban J connectivity index is 1.78. The first kappa shape index (κ1) is 23.9. The van der Waals surface area contributed by atoms with Crippen LogP contribution in [0.2, 0.25) is 0 Å². The number of hydrogen-bond donors (Lipinski definition) is 2. The summed E-state index contributed by atoms with van der Waals surface area (Å²) in [5, 5.41) is 3.53. The molecule has 0 saturated carbocycles. The van der Waals surface area contributed by atoms with E-state index in [1.807, 2.05) is 12.1 Å². The lowest BCUT2D eigenvalue weighted by atomic mass is 10.0. The van der Waals surface area contributed by atoms with E-state index in [1.54, 1.807) is 0 Å². The van der Waals surface area contributed by atoms with Crippen molar-refractivity contribution in [2.75, 3.05) is 17.6 Å². The molecule has 0 fully saturated rings. The Morgan fingerprint density at radius 1 is 0.667 bits per heavy atom. The molecule has 2 nitrogen and oxygen atoms in total. The van der Waals surface area contributed by atoms with Gasteiger partial charge in [0.1, 0.15) is 0 Å². The average Bonchev–Trinajstić information content (AvgIpc) is 2.65. The molecule has 3 N–H and O–H groups in total. The van der Waals surface area contributed by atoms with Gasteiger partial charge in [0.05, 0.1) is 0 Å². The number of unbranched alkanes of at least 4 members (excludes halogenated alkanes) is 15. The number of anilines is 2. The molecular weight excluding hydrogens is 328 g/mol. The molecular formula is C25H46N2. The largest absolute Gasteiger partial charge is 0.399 e. The average molecular weight is 375 g/mol. The van der Waals surface area contributed by atoms with Crippen LogP contribution < -0.4 is 11.1 Å². The number of aryl methyl sites for hydroxylation is 1. The van der Waals surface area contributed by atoms with Gasteiger partial charge in [0, 0.05) is 17.9 Å². The third kappa shape index (κ3) is 13.6. The minimum absolute atomic E-state index is 0.848. The molecule has 0 spiro atoms. The fourth-order valence-electron chi connectivity index (χ4n) is 3.78. The second kappa shape index (κ2) is 17.0. The summed E-state index contributed by atoms with van der Waals surface area (Å²) in [6.07, 6.45) is 22.8. The lowest BCUT2D eigenvalue weighted by Gasteiger charge is -2.10. The van der Waals surface area contributed by atoms with Gasteiger partial charge in [-0.1, -0.05) is 103 Å². The molecule has 1 aromatic rings. The van der Waals surface area contributed by atoms with E-state index in [9.17, 15) is 0 Å². The van der Waals surface area contributed by atoms with Crippen LogP contribution in [0.5, 0.6) is 0 Å². The Labute approximate surface area is 169 Å². The van der Waals surface area contributed by atoms with Crippen molar-refractivity contribution in [3.05, 3.63) is 23.8 Å². The Kier molecular flexibility index (Phi) is 15.0. The minimum Gasteiger partial charge on any atom is -0.399 e. The number of hydrogen-bond acceptors (Lipinski definition) is 2. The lowest BCUT2D eigenvalue weighted by Crippen LogP contribution is -2.03. The number of rotatable bonds is 18. The number of nitrogen functional groups attached to an aromatic ring is 1. The van der Waals surface area contributed by atoms with Gasteiger partial charge < -0.3 is 11.1 Å². The van der Waals surface area contributed by atoms with E-state index in [4.69, 9.17) is 5.73 Å². The Morgan fingerprint density at radius 3 is 1.56 bits per heavy atom. The van der Waals surface area contributed by atoms with Crippen LogP contribution in [0, 0.1) is 6.92 Å². The molecule has 0 unspecified atom stereocenters. The standard InChI is InChI=1S/C25H46N2/c1-3-4-5-6-7-8-9-10-11-12-13-14-15-16-17-18-21-27-25-20-19-24(26)22-23(25)2/h19-20,22,27H,3-18,21,26H2,1-2H3. The Bertz CT molecular complexity index is 456. The van der Waals surface area contributed by atoms with Gasteiger partial charge in [0.25, 0.3) is 0 Å². The SMILES string of the molecule is CCCCCCCCCCCCCCCCCCNc1ccc(N)cc1C. The summed E-state index contributed by atoms with van der Waals surface area (Å²) in [5.41, 5.74) is 9.11. The van der Waals surface area contributed by atoms with Gasteiger partial charge in [0.2, 0.25) is 0 Å². The van der Waals surface area contributed by atoms with Crippen LogP contribution in [0.4, 0.5) is 11.4 Å². The van der Waals surface area contributed by atoms with E-state index < -0.39 is 0 Å². The van der Waals surface area contributed by atoms with Crippen molar-refractivity contribution in [1.29, 1.82) is 0 Å². The second-order valence-electron chi connectivity index (χ2n) is 8.30. The fourth-order valence-corrected chi connectivity index (χ4v) is 3.78. The van der Waals surface area contributed by atoms with E-state index in [0.717, 1.165) is 12.2 Å². The normalized spacial score (nSPS) is 11.0. The molecule has 0 aromatic heterocycles. The van der Waals surface area contributed by atoms with Crippen molar-refractivity contribution in [1.82, 2.24) is 0 Å². The fraction of sp³-hybridized carbons (Fsp3) is 0.760. The highest BCUT2D eigenvalue weighted by atomic mass is 14.9. The maximum absolute atomic E-state index is 5.79. The zero-order valence-electron chi connectivity index (χ0n) is 18.3. The molecule has 0 saturated heterocycles. The van der Waals surface area contributed by atoms with Crippen LogP contribution in [-0.4, -0.2) is 6.54 Å². The lowest BCUT2D eigenvalue weighted by molar-refractivity contribution is 0.530. The topological polar surface area (TPSA) is 38.0 Å². The van der Waals surface area contributed by atoms with Gasteiger partial charge in [-0.15, -0.1) is 0 Å². The second-order valence-corrected chi connectivity index (χ2v) is 8.30. The van der Waals surface area contributed by atoms with E-state index in [2.05, 4.69) is 25.2 Å². The van der Waals surface area contributed by atoms with Crippen molar-refractivity contribution < 1.29 is 0 Å². The minimum atomic E-state index is 0.848. The molecule has 2 heteroatoms. The maximum Gasteiger partial charge on any atom is 0.0371 e. The van der Waals surface area contributed by atoms with Crippen LogP contribution in [0.15, 0.2) is 18.2 Å². The van der Waals surface area contributed by atoms with Gasteiger partial charge in [0.15, 0.2) is 0 Å². The van der Waals surface area contributed by atoms with E-state index in [0.29, 0.717) is 0 Å². The maximum atomic E-state index is 5.79. The van der Waals surface area contributed by atoms with Crippen molar-refractivity contribution >= 4 is 11.4 Å². The first-order chi connectivity index (χ1) is 13.2. The molecule has 0 heterocycles. The summed E-state index contributed by atoms with van der Waals surface area (Å²) < 4.78 is 0. The summed E-state index contributed by atoms with van der Waals surface area (Å²) in [4.78, 5) is 0. The highest BCUT2D eigenvalue weighted by Gasteiger charge is 1.98. The van der Waals surface area contributed by atoms with Crippen molar-refractivity contribution in [3.63, 3.8) is 0 Å². The smallest absolute Gasteiger partial charge is 0.0371 e. The Hall–Kier alpha value is -1.18. The van der Waals surface area contributed by atoms with Crippen LogP contribution in [-0.2, 0) is 0 Å². The summed E-state index contributed by atoms with van der Waals surface area (Å²) in [6.45, 7) is 5.48. The van der Waals surface area contributed by atoms with E-state index >= 15 is 0 Å². The summed E-state index contributed by atoms with van der Waals surface area (Å²) in [6, 6.07) is 6.11. The first-order valence-electron chi connectivity index (χ1n) is 11.8. The van der Waals surface area contributed by atoms with E-state index in [1.165, 1.54) is 114 Å².